The second kappa shape index (κ2) is 6.53. The summed E-state index contributed by atoms with van der Waals surface area (Å²) in [6.45, 7) is 4.13. The molecule has 20 heavy (non-hydrogen) atoms. The van der Waals surface area contributed by atoms with E-state index in [4.69, 9.17) is 10.5 Å². The molecule has 1 aromatic carbocycles. The van der Waals surface area contributed by atoms with Gasteiger partial charge in [0.15, 0.2) is 0 Å². The van der Waals surface area contributed by atoms with E-state index < -0.39 is 0 Å². The van der Waals surface area contributed by atoms with Gasteiger partial charge >= 0.3 is 0 Å². The van der Waals surface area contributed by atoms with Crippen LogP contribution >= 0.6 is 0 Å². The van der Waals surface area contributed by atoms with Gasteiger partial charge in [0.25, 0.3) is 0 Å². The fourth-order valence-corrected chi connectivity index (χ4v) is 2.44. The first-order chi connectivity index (χ1) is 9.61. The third kappa shape index (κ3) is 3.36. The van der Waals surface area contributed by atoms with Crippen LogP contribution in [0.5, 0.6) is 5.75 Å². The summed E-state index contributed by atoms with van der Waals surface area (Å²) in [5, 5.41) is 0. The molecule has 0 saturated heterocycles. The van der Waals surface area contributed by atoms with Crippen LogP contribution in [-0.2, 0) is 6.42 Å². The van der Waals surface area contributed by atoms with Gasteiger partial charge in [-0.2, -0.15) is 0 Å². The van der Waals surface area contributed by atoms with E-state index in [2.05, 4.69) is 24.0 Å². The molecule has 0 spiro atoms. The Balaban J connectivity index is 2.09. The van der Waals surface area contributed by atoms with Crippen LogP contribution in [0.25, 0.3) is 0 Å². The number of benzene rings is 1. The minimum Gasteiger partial charge on any atom is -0.496 e. The summed E-state index contributed by atoms with van der Waals surface area (Å²) in [6.07, 6.45) is 3.61. The zero-order chi connectivity index (χ0) is 14.5. The summed E-state index contributed by atoms with van der Waals surface area (Å²) >= 11 is 0. The number of nitrogens with two attached hydrogens (primary N) is 1. The highest BCUT2D eigenvalue weighted by Crippen LogP contribution is 2.27. The molecular weight excluding hydrogens is 248 g/mol. The van der Waals surface area contributed by atoms with Crippen LogP contribution in [0.3, 0.4) is 0 Å². The molecule has 0 amide bonds. The van der Waals surface area contributed by atoms with Crippen molar-refractivity contribution in [3.63, 3.8) is 0 Å². The average molecular weight is 270 g/mol. The lowest BCUT2D eigenvalue weighted by Gasteiger charge is -2.17. The number of hydrogen-bond acceptors (Lipinski definition) is 3. The van der Waals surface area contributed by atoms with Gasteiger partial charge in [-0.25, -0.2) is 0 Å². The second-order valence-corrected chi connectivity index (χ2v) is 5.14. The lowest BCUT2D eigenvalue weighted by Crippen LogP contribution is -2.13. The van der Waals surface area contributed by atoms with E-state index in [0.29, 0.717) is 0 Å². The van der Waals surface area contributed by atoms with Crippen LogP contribution in [-0.4, -0.2) is 12.1 Å². The quantitative estimate of drug-likeness (QED) is 0.906. The summed E-state index contributed by atoms with van der Waals surface area (Å²) in [6, 6.07) is 10.2. The zero-order valence-corrected chi connectivity index (χ0v) is 12.4. The molecule has 1 atom stereocenters. The van der Waals surface area contributed by atoms with E-state index in [-0.39, 0.29) is 6.04 Å². The first-order valence-electron chi connectivity index (χ1n) is 6.92. The Labute approximate surface area is 120 Å². The third-order valence-corrected chi connectivity index (χ3v) is 3.62. The summed E-state index contributed by atoms with van der Waals surface area (Å²) < 4.78 is 5.34. The molecule has 0 aliphatic rings. The molecule has 2 rings (SSSR count). The summed E-state index contributed by atoms with van der Waals surface area (Å²) in [5.41, 5.74) is 10.9. The molecule has 1 unspecified atom stereocenters. The smallest absolute Gasteiger partial charge is 0.122 e. The van der Waals surface area contributed by atoms with Crippen molar-refractivity contribution in [1.29, 1.82) is 0 Å². The van der Waals surface area contributed by atoms with E-state index >= 15 is 0 Å². The standard InChI is InChI=1S/C17H22N2O/c1-12-11-17(20-3)13(2)10-15(12)16(18)8-7-14-6-4-5-9-19-14/h4-6,9-11,16H,7-8,18H2,1-3H3. The fraction of sp³-hybridized carbons (Fsp3) is 0.353. The second-order valence-electron chi connectivity index (χ2n) is 5.14. The van der Waals surface area contributed by atoms with E-state index in [1.807, 2.05) is 31.3 Å². The first-order valence-corrected chi connectivity index (χ1v) is 6.92. The molecule has 0 aliphatic heterocycles. The molecule has 2 aromatic rings. The van der Waals surface area contributed by atoms with Crippen molar-refractivity contribution in [1.82, 2.24) is 4.98 Å². The zero-order valence-electron chi connectivity index (χ0n) is 12.4. The summed E-state index contributed by atoms with van der Waals surface area (Å²) in [4.78, 5) is 4.34. The molecule has 2 N–H and O–H groups in total. The number of aromatic nitrogens is 1. The maximum absolute atomic E-state index is 6.34. The van der Waals surface area contributed by atoms with Crippen molar-refractivity contribution < 1.29 is 4.74 Å². The SMILES string of the molecule is COc1cc(C)c(C(N)CCc2ccccn2)cc1C. The van der Waals surface area contributed by atoms with Crippen LogP contribution in [0.4, 0.5) is 0 Å². The van der Waals surface area contributed by atoms with Crippen molar-refractivity contribution in [2.75, 3.05) is 7.11 Å². The van der Waals surface area contributed by atoms with Gasteiger partial charge in [0, 0.05) is 17.9 Å². The maximum atomic E-state index is 6.34. The molecule has 3 heteroatoms. The minimum atomic E-state index is 0.0293. The predicted octanol–water partition coefficient (Wildman–Crippen LogP) is 3.34. The number of pyridine rings is 1. The average Bonchev–Trinajstić information content (AvgIpc) is 2.47. The molecule has 3 nitrogen and oxygen atoms in total. The molecular formula is C17H22N2O. The minimum absolute atomic E-state index is 0.0293. The number of hydrogen-bond donors (Lipinski definition) is 1. The monoisotopic (exact) mass is 270 g/mol. The Morgan fingerprint density at radius 1 is 1.20 bits per heavy atom. The third-order valence-electron chi connectivity index (χ3n) is 3.62. The van der Waals surface area contributed by atoms with Crippen LogP contribution in [0.15, 0.2) is 36.5 Å². The number of nitrogens with zero attached hydrogens (tertiary/aromatic N) is 1. The van der Waals surface area contributed by atoms with Gasteiger partial charge in [-0.1, -0.05) is 12.1 Å². The topological polar surface area (TPSA) is 48.1 Å². The van der Waals surface area contributed by atoms with Gasteiger partial charge in [-0.3, -0.25) is 4.98 Å². The van der Waals surface area contributed by atoms with Crippen LogP contribution in [0.1, 0.15) is 34.8 Å². The van der Waals surface area contributed by atoms with E-state index in [1.165, 1.54) is 11.1 Å². The number of rotatable bonds is 5. The highest BCUT2D eigenvalue weighted by Gasteiger charge is 2.12. The van der Waals surface area contributed by atoms with Gasteiger partial charge in [0.05, 0.1) is 7.11 Å². The van der Waals surface area contributed by atoms with Crippen molar-refractivity contribution in [3.8, 4) is 5.75 Å². The van der Waals surface area contributed by atoms with Gasteiger partial charge < -0.3 is 10.5 Å². The van der Waals surface area contributed by atoms with E-state index in [9.17, 15) is 0 Å². The molecule has 0 bridgehead atoms. The van der Waals surface area contributed by atoms with Gasteiger partial charge in [-0.15, -0.1) is 0 Å². The van der Waals surface area contributed by atoms with Gasteiger partial charge in [0.1, 0.15) is 5.75 Å². The largest absolute Gasteiger partial charge is 0.496 e. The highest BCUT2D eigenvalue weighted by molar-refractivity contribution is 5.42. The normalized spacial score (nSPS) is 12.2. The lowest BCUT2D eigenvalue weighted by atomic mass is 9.95. The summed E-state index contributed by atoms with van der Waals surface area (Å²) in [7, 11) is 1.70. The molecule has 0 fully saturated rings. The molecule has 0 radical (unpaired) electrons. The Kier molecular flexibility index (Phi) is 4.74. The van der Waals surface area contributed by atoms with Crippen molar-refractivity contribution >= 4 is 0 Å². The number of methoxy groups -OCH3 is 1. The number of aryl methyl sites for hydroxylation is 3. The fourth-order valence-electron chi connectivity index (χ4n) is 2.44. The van der Waals surface area contributed by atoms with Crippen molar-refractivity contribution in [3.05, 3.63) is 58.9 Å². The highest BCUT2D eigenvalue weighted by atomic mass is 16.5. The van der Waals surface area contributed by atoms with Gasteiger partial charge in [-0.05, 0) is 61.6 Å². The molecule has 0 aliphatic carbocycles. The Morgan fingerprint density at radius 3 is 2.65 bits per heavy atom. The van der Waals surface area contributed by atoms with E-state index in [0.717, 1.165) is 29.8 Å². The molecule has 1 aromatic heterocycles. The van der Waals surface area contributed by atoms with Crippen LogP contribution in [0.2, 0.25) is 0 Å². The Hall–Kier alpha value is -1.87. The van der Waals surface area contributed by atoms with Crippen LogP contribution < -0.4 is 10.5 Å². The summed E-state index contributed by atoms with van der Waals surface area (Å²) in [5.74, 6) is 0.920. The Morgan fingerprint density at radius 2 is 2.00 bits per heavy atom. The van der Waals surface area contributed by atoms with Gasteiger partial charge in [0.2, 0.25) is 0 Å². The predicted molar refractivity (Wildman–Crippen MR) is 82.0 cm³/mol. The Bertz CT molecular complexity index is 567. The first kappa shape index (κ1) is 14.5. The van der Waals surface area contributed by atoms with E-state index in [1.54, 1.807) is 7.11 Å². The molecule has 1 heterocycles. The molecule has 0 saturated carbocycles. The maximum Gasteiger partial charge on any atom is 0.122 e. The van der Waals surface area contributed by atoms with Crippen molar-refractivity contribution in [2.45, 2.75) is 32.7 Å². The lowest BCUT2D eigenvalue weighted by molar-refractivity contribution is 0.411. The number of ether oxygens (including phenoxy) is 1. The van der Waals surface area contributed by atoms with Crippen LogP contribution in [0, 0.1) is 13.8 Å². The van der Waals surface area contributed by atoms with Crippen molar-refractivity contribution in [2.24, 2.45) is 5.73 Å². The molecule has 106 valence electrons.